The summed E-state index contributed by atoms with van der Waals surface area (Å²) in [7, 11) is 0.998. The van der Waals surface area contributed by atoms with Crippen molar-refractivity contribution < 1.29 is 45.5 Å². The van der Waals surface area contributed by atoms with E-state index in [1.165, 1.54) is 6.92 Å². The molecule has 1 N–H and O–H groups in total. The number of amides is 4. The Bertz CT molecular complexity index is 1170. The van der Waals surface area contributed by atoms with Gasteiger partial charge in [0, 0.05) is 12.6 Å². The molecule has 2 aromatic rings. The third kappa shape index (κ3) is 3.55. The van der Waals surface area contributed by atoms with E-state index < -0.39 is 57.7 Å². The lowest BCUT2D eigenvalue weighted by atomic mass is 9.71. The largest absolute Gasteiger partial charge is 0.411 e. The summed E-state index contributed by atoms with van der Waals surface area (Å²) in [5, 5.41) is 1.80. The molecular formula is C21H14F6N2O4. The monoisotopic (exact) mass is 472 g/mol. The van der Waals surface area contributed by atoms with Crippen molar-refractivity contribution in [1.82, 2.24) is 10.2 Å². The summed E-state index contributed by atoms with van der Waals surface area (Å²) < 4.78 is 86.3. The Morgan fingerprint density at radius 2 is 1.39 bits per heavy atom. The van der Waals surface area contributed by atoms with E-state index >= 15 is 0 Å². The van der Waals surface area contributed by atoms with Gasteiger partial charge in [0.25, 0.3) is 17.7 Å². The number of fused-ring (bicyclic) bond motifs is 1. The number of nitrogens with zero attached hydrogens (tertiary/aromatic N) is 1. The number of nitrogens with one attached hydrogen (secondary N) is 1. The second-order valence-electron chi connectivity index (χ2n) is 7.34. The summed E-state index contributed by atoms with van der Waals surface area (Å²) in [6.07, 6.45) is -11.9. The molecule has 12 heteroatoms. The fourth-order valence-corrected chi connectivity index (χ4v) is 3.71. The van der Waals surface area contributed by atoms with E-state index in [0.29, 0.717) is 35.2 Å². The van der Waals surface area contributed by atoms with Crippen molar-refractivity contribution in [3.8, 4) is 0 Å². The van der Waals surface area contributed by atoms with Gasteiger partial charge >= 0.3 is 12.4 Å². The Kier molecular flexibility index (Phi) is 5.60. The molecule has 0 saturated heterocycles. The van der Waals surface area contributed by atoms with E-state index in [9.17, 15) is 45.5 Å². The maximum atomic E-state index is 14.4. The van der Waals surface area contributed by atoms with Crippen LogP contribution in [0.15, 0.2) is 36.4 Å². The van der Waals surface area contributed by atoms with Crippen LogP contribution in [0.2, 0.25) is 0 Å². The molecule has 0 saturated carbocycles. The number of benzene rings is 2. The number of aryl methyl sites for hydroxylation is 1. The van der Waals surface area contributed by atoms with Crippen LogP contribution in [0.1, 0.15) is 47.8 Å². The van der Waals surface area contributed by atoms with Crippen LogP contribution in [0.25, 0.3) is 0 Å². The molecule has 0 spiro atoms. The predicted molar refractivity (Wildman–Crippen MR) is 100 cm³/mol. The first-order chi connectivity index (χ1) is 15.2. The van der Waals surface area contributed by atoms with Gasteiger partial charge in [-0.15, -0.1) is 0 Å². The van der Waals surface area contributed by atoms with Crippen LogP contribution in [0.5, 0.6) is 0 Å². The molecule has 174 valence electrons. The Morgan fingerprint density at radius 3 is 1.94 bits per heavy atom. The van der Waals surface area contributed by atoms with E-state index in [0.717, 1.165) is 13.1 Å². The number of alkyl halides is 6. The molecule has 1 heterocycles. The van der Waals surface area contributed by atoms with Crippen molar-refractivity contribution in [2.45, 2.75) is 24.7 Å². The number of imide groups is 2. The topological polar surface area (TPSA) is 83.6 Å². The second kappa shape index (κ2) is 7.71. The van der Waals surface area contributed by atoms with Crippen LogP contribution < -0.4 is 5.32 Å². The van der Waals surface area contributed by atoms with Gasteiger partial charge in [-0.3, -0.25) is 29.4 Å². The number of halogens is 6. The van der Waals surface area contributed by atoms with Gasteiger partial charge < -0.3 is 0 Å². The normalized spacial score (nSPS) is 14.1. The summed E-state index contributed by atoms with van der Waals surface area (Å²) >= 11 is 0. The minimum Gasteiger partial charge on any atom is -0.288 e. The lowest BCUT2D eigenvalue weighted by Gasteiger charge is -2.38. The first-order valence-electron chi connectivity index (χ1n) is 9.14. The molecule has 33 heavy (non-hydrogen) atoms. The minimum atomic E-state index is -5.98. The molecule has 0 aliphatic carbocycles. The van der Waals surface area contributed by atoms with Gasteiger partial charge in [-0.05, 0) is 41.8 Å². The van der Waals surface area contributed by atoms with Crippen LogP contribution in [0.4, 0.5) is 26.3 Å². The molecule has 0 bridgehead atoms. The van der Waals surface area contributed by atoms with Gasteiger partial charge in [-0.2, -0.15) is 26.3 Å². The summed E-state index contributed by atoms with van der Waals surface area (Å²) in [5.74, 6) is -3.20. The third-order valence-electron chi connectivity index (χ3n) is 5.40. The van der Waals surface area contributed by atoms with E-state index in [1.54, 1.807) is 5.32 Å². The van der Waals surface area contributed by atoms with Crippen molar-refractivity contribution >= 4 is 24.1 Å². The fraction of sp³-hybridized carbons (Fsp3) is 0.238. The maximum Gasteiger partial charge on any atom is 0.411 e. The Hall–Kier alpha value is -3.70. The molecule has 2 aromatic carbocycles. The van der Waals surface area contributed by atoms with Crippen LogP contribution in [0.3, 0.4) is 0 Å². The molecule has 4 amide bonds. The Balaban J connectivity index is 2.40. The van der Waals surface area contributed by atoms with Crippen LogP contribution in [-0.4, -0.2) is 48.4 Å². The molecule has 6 nitrogen and oxygen atoms in total. The van der Waals surface area contributed by atoms with E-state index in [2.05, 4.69) is 0 Å². The molecule has 0 radical (unpaired) electrons. The quantitative estimate of drug-likeness (QED) is 0.420. The van der Waals surface area contributed by atoms with Gasteiger partial charge in [-0.1, -0.05) is 18.2 Å². The van der Waals surface area contributed by atoms with Crippen molar-refractivity contribution in [1.29, 1.82) is 0 Å². The first kappa shape index (κ1) is 24.0. The Morgan fingerprint density at radius 1 is 0.879 bits per heavy atom. The molecule has 0 aromatic heterocycles. The summed E-state index contributed by atoms with van der Waals surface area (Å²) in [4.78, 5) is 47.4. The van der Waals surface area contributed by atoms with E-state index in [-0.39, 0.29) is 17.5 Å². The predicted octanol–water partition coefficient (Wildman–Crippen LogP) is 3.52. The standard InChI is InChI=1S/C21H14F6N2O4/c1-10-3-4-11(7-14(10)18(33)29(2)9-30)19(20(22,23)24,21(25,26)27)12-5-6-13-15(8-12)17(32)28-16(13)31/h3-9H,1-2H3,(H,28,31,32). The molecule has 1 aliphatic rings. The molecule has 0 unspecified atom stereocenters. The smallest absolute Gasteiger partial charge is 0.288 e. The summed E-state index contributed by atoms with van der Waals surface area (Å²) in [6.45, 7) is 1.28. The molecule has 0 fully saturated rings. The first-order valence-corrected chi connectivity index (χ1v) is 9.14. The highest BCUT2D eigenvalue weighted by atomic mass is 19.4. The lowest BCUT2D eigenvalue weighted by Crippen LogP contribution is -2.55. The van der Waals surface area contributed by atoms with Gasteiger partial charge in [0.05, 0.1) is 11.1 Å². The number of carbonyl (C=O) groups excluding carboxylic acids is 4. The highest BCUT2D eigenvalue weighted by Gasteiger charge is 2.72. The third-order valence-corrected chi connectivity index (χ3v) is 5.40. The van der Waals surface area contributed by atoms with Crippen LogP contribution in [0, 0.1) is 6.92 Å². The highest BCUT2D eigenvalue weighted by Crippen LogP contribution is 2.56. The molecule has 3 rings (SSSR count). The van der Waals surface area contributed by atoms with Gasteiger partial charge in [0.15, 0.2) is 0 Å². The average molecular weight is 472 g/mol. The van der Waals surface area contributed by atoms with E-state index in [1.807, 2.05) is 0 Å². The van der Waals surface area contributed by atoms with Crippen LogP contribution >= 0.6 is 0 Å². The minimum absolute atomic E-state index is 0.0367. The summed E-state index contributed by atoms with van der Waals surface area (Å²) in [5.41, 5.74) is -8.88. The zero-order valence-corrected chi connectivity index (χ0v) is 16.9. The van der Waals surface area contributed by atoms with Crippen molar-refractivity contribution in [2.75, 3.05) is 7.05 Å². The number of rotatable bonds is 4. The number of carbonyl (C=O) groups is 4. The number of hydrogen-bond acceptors (Lipinski definition) is 4. The van der Waals surface area contributed by atoms with Gasteiger partial charge in [-0.25, -0.2) is 0 Å². The zero-order chi connectivity index (χ0) is 24.9. The second-order valence-corrected chi connectivity index (χ2v) is 7.34. The molecular weight excluding hydrogens is 458 g/mol. The van der Waals surface area contributed by atoms with Gasteiger partial charge in [0.1, 0.15) is 0 Å². The average Bonchev–Trinajstić information content (AvgIpc) is 2.99. The van der Waals surface area contributed by atoms with Gasteiger partial charge in [0.2, 0.25) is 11.8 Å². The SMILES string of the molecule is Cc1ccc(C(c2ccc3c(c2)C(=O)NC3=O)(C(F)(F)F)C(F)(F)F)cc1C(=O)N(C)C=O. The highest BCUT2D eigenvalue weighted by molar-refractivity contribution is 6.21. The molecule has 0 atom stereocenters. The fourth-order valence-electron chi connectivity index (χ4n) is 3.71. The van der Waals surface area contributed by atoms with Crippen molar-refractivity contribution in [3.63, 3.8) is 0 Å². The Labute approximate surface area is 182 Å². The zero-order valence-electron chi connectivity index (χ0n) is 16.9. The lowest BCUT2D eigenvalue weighted by molar-refractivity contribution is -0.288. The van der Waals surface area contributed by atoms with E-state index in [4.69, 9.17) is 0 Å². The summed E-state index contributed by atoms with van der Waals surface area (Å²) in [6, 6.07) is 3.45. The van der Waals surface area contributed by atoms with Crippen molar-refractivity contribution in [3.05, 3.63) is 69.8 Å². The van der Waals surface area contributed by atoms with Crippen molar-refractivity contribution in [2.24, 2.45) is 0 Å². The number of hydrogen-bond donors (Lipinski definition) is 1. The molecule has 1 aliphatic heterocycles. The maximum absolute atomic E-state index is 14.4. The van der Waals surface area contributed by atoms with Crippen LogP contribution in [-0.2, 0) is 10.2 Å².